The summed E-state index contributed by atoms with van der Waals surface area (Å²) in [6, 6.07) is 7.70. The number of benzene rings is 1. The van der Waals surface area contributed by atoms with Crippen LogP contribution in [0.4, 0.5) is 13.2 Å². The highest BCUT2D eigenvalue weighted by atomic mass is 19.4. The standard InChI is InChI=1S/C13H18F3N/c1-10-4-2-5-11(8-10)9-12(17)6-3-7-13(14,15)16/h2,4-5,8,12H,3,6-7,9,17H2,1H3. The van der Waals surface area contributed by atoms with E-state index in [4.69, 9.17) is 5.73 Å². The number of alkyl halides is 3. The lowest BCUT2D eigenvalue weighted by atomic mass is 10.0. The number of hydrogen-bond acceptors (Lipinski definition) is 1. The van der Waals surface area contributed by atoms with Crippen molar-refractivity contribution in [1.29, 1.82) is 0 Å². The van der Waals surface area contributed by atoms with Crippen LogP contribution >= 0.6 is 0 Å². The molecule has 0 saturated heterocycles. The summed E-state index contributed by atoms with van der Waals surface area (Å²) in [6.07, 6.45) is -3.65. The summed E-state index contributed by atoms with van der Waals surface area (Å²) in [6.45, 7) is 1.98. The van der Waals surface area contributed by atoms with Gasteiger partial charge in [-0.2, -0.15) is 13.2 Å². The average molecular weight is 245 g/mol. The molecule has 0 heterocycles. The number of aryl methyl sites for hydroxylation is 1. The third-order valence-corrected chi connectivity index (χ3v) is 2.62. The van der Waals surface area contributed by atoms with Gasteiger partial charge in [0.25, 0.3) is 0 Å². The third kappa shape index (κ3) is 6.31. The quantitative estimate of drug-likeness (QED) is 0.842. The first-order valence-electron chi connectivity index (χ1n) is 5.75. The van der Waals surface area contributed by atoms with Crippen molar-refractivity contribution in [3.8, 4) is 0 Å². The fourth-order valence-corrected chi connectivity index (χ4v) is 1.81. The molecule has 1 aromatic rings. The van der Waals surface area contributed by atoms with Crippen molar-refractivity contribution in [2.24, 2.45) is 5.73 Å². The Balaban J connectivity index is 2.32. The Bertz CT molecular complexity index is 347. The third-order valence-electron chi connectivity index (χ3n) is 2.62. The molecule has 1 nitrogen and oxygen atoms in total. The molecule has 1 rings (SSSR count). The van der Waals surface area contributed by atoms with Crippen molar-refractivity contribution in [1.82, 2.24) is 0 Å². The lowest BCUT2D eigenvalue weighted by Gasteiger charge is -2.12. The van der Waals surface area contributed by atoms with Crippen molar-refractivity contribution >= 4 is 0 Å². The van der Waals surface area contributed by atoms with Gasteiger partial charge in [0.1, 0.15) is 0 Å². The van der Waals surface area contributed by atoms with E-state index in [9.17, 15) is 13.2 Å². The summed E-state index contributed by atoms with van der Waals surface area (Å²) in [7, 11) is 0. The van der Waals surface area contributed by atoms with Crippen LogP contribution in [0, 0.1) is 6.92 Å². The molecule has 1 unspecified atom stereocenters. The van der Waals surface area contributed by atoms with Gasteiger partial charge in [0.2, 0.25) is 0 Å². The highest BCUT2D eigenvalue weighted by Crippen LogP contribution is 2.22. The minimum atomic E-state index is -4.07. The van der Waals surface area contributed by atoms with Crippen LogP contribution in [0.2, 0.25) is 0 Å². The molecule has 0 saturated carbocycles. The molecule has 0 bridgehead atoms. The molecule has 0 radical (unpaired) electrons. The van der Waals surface area contributed by atoms with Gasteiger partial charge in [0, 0.05) is 12.5 Å². The van der Waals surface area contributed by atoms with Gasteiger partial charge in [-0.05, 0) is 31.7 Å². The Kier molecular flexibility index (Phi) is 5.00. The first-order chi connectivity index (χ1) is 7.87. The van der Waals surface area contributed by atoms with Gasteiger partial charge in [-0.1, -0.05) is 29.8 Å². The van der Waals surface area contributed by atoms with Crippen molar-refractivity contribution in [3.05, 3.63) is 35.4 Å². The van der Waals surface area contributed by atoms with Crippen molar-refractivity contribution in [3.63, 3.8) is 0 Å². The second kappa shape index (κ2) is 6.05. The highest BCUT2D eigenvalue weighted by molar-refractivity contribution is 5.22. The molecule has 0 aliphatic heterocycles. The molecular formula is C13H18F3N. The van der Waals surface area contributed by atoms with Crippen LogP contribution < -0.4 is 5.73 Å². The summed E-state index contributed by atoms with van der Waals surface area (Å²) < 4.78 is 35.8. The molecule has 0 aromatic heterocycles. The normalized spacial score (nSPS) is 13.7. The van der Waals surface area contributed by atoms with Gasteiger partial charge in [-0.25, -0.2) is 0 Å². The van der Waals surface area contributed by atoms with Crippen LogP contribution in [0.3, 0.4) is 0 Å². The molecule has 0 spiro atoms. The molecule has 0 aliphatic rings. The van der Waals surface area contributed by atoms with E-state index in [0.717, 1.165) is 11.1 Å². The van der Waals surface area contributed by atoms with Gasteiger partial charge in [0.15, 0.2) is 0 Å². The molecule has 96 valence electrons. The van der Waals surface area contributed by atoms with Crippen molar-refractivity contribution in [2.75, 3.05) is 0 Å². The fourth-order valence-electron chi connectivity index (χ4n) is 1.81. The first-order valence-corrected chi connectivity index (χ1v) is 5.75. The Morgan fingerprint density at radius 1 is 1.29 bits per heavy atom. The minimum absolute atomic E-state index is 0.108. The second-order valence-corrected chi connectivity index (χ2v) is 4.46. The van der Waals surface area contributed by atoms with Crippen LogP contribution in [0.15, 0.2) is 24.3 Å². The molecule has 17 heavy (non-hydrogen) atoms. The van der Waals surface area contributed by atoms with E-state index < -0.39 is 12.6 Å². The van der Waals surface area contributed by atoms with E-state index in [-0.39, 0.29) is 12.5 Å². The van der Waals surface area contributed by atoms with E-state index in [1.807, 2.05) is 31.2 Å². The summed E-state index contributed by atoms with van der Waals surface area (Å²) in [4.78, 5) is 0. The zero-order valence-electron chi connectivity index (χ0n) is 9.93. The maximum absolute atomic E-state index is 11.9. The minimum Gasteiger partial charge on any atom is -0.327 e. The topological polar surface area (TPSA) is 26.0 Å². The lowest BCUT2D eigenvalue weighted by molar-refractivity contribution is -0.135. The number of halogens is 3. The van der Waals surface area contributed by atoms with Gasteiger partial charge in [-0.3, -0.25) is 0 Å². The van der Waals surface area contributed by atoms with Crippen LogP contribution in [0.25, 0.3) is 0 Å². The fraction of sp³-hybridized carbons (Fsp3) is 0.538. The monoisotopic (exact) mass is 245 g/mol. The van der Waals surface area contributed by atoms with Gasteiger partial charge >= 0.3 is 6.18 Å². The Morgan fingerprint density at radius 2 is 2.00 bits per heavy atom. The predicted molar refractivity (Wildman–Crippen MR) is 62.8 cm³/mol. The van der Waals surface area contributed by atoms with Crippen LogP contribution in [-0.2, 0) is 6.42 Å². The molecule has 1 aromatic carbocycles. The van der Waals surface area contributed by atoms with Gasteiger partial charge < -0.3 is 5.73 Å². The van der Waals surface area contributed by atoms with E-state index in [1.165, 1.54) is 0 Å². The Morgan fingerprint density at radius 3 is 2.59 bits per heavy atom. The smallest absolute Gasteiger partial charge is 0.327 e. The summed E-state index contributed by atoms with van der Waals surface area (Å²) >= 11 is 0. The van der Waals surface area contributed by atoms with E-state index in [0.29, 0.717) is 12.8 Å². The average Bonchev–Trinajstić information content (AvgIpc) is 2.15. The largest absolute Gasteiger partial charge is 0.389 e. The SMILES string of the molecule is Cc1cccc(CC(N)CCCC(F)(F)F)c1. The molecule has 0 aliphatic carbocycles. The Labute approximate surface area is 99.8 Å². The van der Waals surface area contributed by atoms with Crippen molar-refractivity contribution < 1.29 is 13.2 Å². The van der Waals surface area contributed by atoms with Gasteiger partial charge in [0.05, 0.1) is 0 Å². The maximum Gasteiger partial charge on any atom is 0.389 e. The number of hydrogen-bond donors (Lipinski definition) is 1. The van der Waals surface area contributed by atoms with E-state index in [2.05, 4.69) is 0 Å². The maximum atomic E-state index is 11.9. The zero-order valence-corrected chi connectivity index (χ0v) is 9.93. The van der Waals surface area contributed by atoms with Crippen LogP contribution in [0.5, 0.6) is 0 Å². The number of nitrogens with two attached hydrogens (primary N) is 1. The summed E-state index contributed by atoms with van der Waals surface area (Å²) in [5.74, 6) is 0. The molecule has 0 amide bonds. The molecule has 0 fully saturated rings. The first kappa shape index (κ1) is 14.0. The molecular weight excluding hydrogens is 227 g/mol. The predicted octanol–water partition coefficient (Wildman–Crippen LogP) is 3.60. The zero-order chi connectivity index (χ0) is 12.9. The van der Waals surface area contributed by atoms with Crippen molar-refractivity contribution in [2.45, 2.75) is 44.8 Å². The highest BCUT2D eigenvalue weighted by Gasteiger charge is 2.26. The van der Waals surface area contributed by atoms with Crippen LogP contribution in [-0.4, -0.2) is 12.2 Å². The summed E-state index contributed by atoms with van der Waals surface area (Å²) in [5, 5.41) is 0. The molecule has 1 atom stereocenters. The molecule has 4 heteroatoms. The lowest BCUT2D eigenvalue weighted by Crippen LogP contribution is -2.23. The van der Waals surface area contributed by atoms with E-state index >= 15 is 0 Å². The second-order valence-electron chi connectivity index (χ2n) is 4.46. The van der Waals surface area contributed by atoms with E-state index in [1.54, 1.807) is 0 Å². The Hall–Kier alpha value is -1.03. The number of rotatable bonds is 5. The molecule has 2 N–H and O–H groups in total. The summed E-state index contributed by atoms with van der Waals surface area (Å²) in [5.41, 5.74) is 8.05. The van der Waals surface area contributed by atoms with Gasteiger partial charge in [-0.15, -0.1) is 0 Å². The van der Waals surface area contributed by atoms with Crippen LogP contribution in [0.1, 0.15) is 30.4 Å².